The number of hydrogen-bond acceptors (Lipinski definition) is 2. The predicted molar refractivity (Wildman–Crippen MR) is 94.7 cm³/mol. The summed E-state index contributed by atoms with van der Waals surface area (Å²) in [7, 11) is 0. The Balaban J connectivity index is 2.27. The van der Waals surface area contributed by atoms with E-state index in [4.69, 9.17) is 4.74 Å². The minimum absolute atomic E-state index is 0.0103. The van der Waals surface area contributed by atoms with Crippen LogP contribution in [0.5, 0.6) is 0 Å². The molecule has 0 aliphatic rings. The van der Waals surface area contributed by atoms with Crippen LogP contribution in [-0.2, 0) is 9.53 Å². The van der Waals surface area contributed by atoms with Gasteiger partial charge in [0.1, 0.15) is 11.8 Å². The molecular formula is C21H25FO2. The van der Waals surface area contributed by atoms with E-state index in [0.717, 1.165) is 11.1 Å². The number of aryl methyl sites for hydroxylation is 1. The summed E-state index contributed by atoms with van der Waals surface area (Å²) in [5, 5.41) is 0. The van der Waals surface area contributed by atoms with Crippen LogP contribution in [0.25, 0.3) is 0 Å². The Hall–Kier alpha value is -2.16. The fraction of sp³-hybridized carbons (Fsp3) is 0.381. The average Bonchev–Trinajstić information content (AvgIpc) is 2.52. The largest absolute Gasteiger partial charge is 0.460 e. The number of alkyl halides is 1. The minimum atomic E-state index is -1.26. The fourth-order valence-electron chi connectivity index (χ4n) is 2.64. The van der Waals surface area contributed by atoms with Gasteiger partial charge in [0.25, 0.3) is 0 Å². The van der Waals surface area contributed by atoms with Gasteiger partial charge < -0.3 is 4.74 Å². The highest BCUT2D eigenvalue weighted by atomic mass is 19.1. The molecule has 128 valence electrons. The van der Waals surface area contributed by atoms with Gasteiger partial charge in [0.2, 0.25) is 0 Å². The normalized spacial score (nSPS) is 14.0. The maximum atomic E-state index is 15.2. The van der Waals surface area contributed by atoms with E-state index >= 15 is 4.39 Å². The van der Waals surface area contributed by atoms with Crippen molar-refractivity contribution in [2.24, 2.45) is 0 Å². The zero-order valence-electron chi connectivity index (χ0n) is 14.8. The maximum absolute atomic E-state index is 15.2. The molecule has 0 amide bonds. The van der Waals surface area contributed by atoms with E-state index in [2.05, 4.69) is 0 Å². The predicted octanol–water partition coefficient (Wildman–Crippen LogP) is 5.52. The highest BCUT2D eigenvalue weighted by Gasteiger charge is 2.29. The van der Waals surface area contributed by atoms with Crippen LogP contribution in [0.3, 0.4) is 0 Å². The van der Waals surface area contributed by atoms with Crippen LogP contribution in [0.4, 0.5) is 4.39 Å². The first-order valence-corrected chi connectivity index (χ1v) is 8.24. The average molecular weight is 328 g/mol. The molecule has 2 atom stereocenters. The molecule has 0 bridgehead atoms. The topological polar surface area (TPSA) is 26.3 Å². The summed E-state index contributed by atoms with van der Waals surface area (Å²) in [6.07, 6.45) is -1.25. The zero-order chi connectivity index (χ0) is 17.7. The molecule has 0 aliphatic carbocycles. The summed E-state index contributed by atoms with van der Waals surface area (Å²) in [5.74, 6) is -0.950. The van der Waals surface area contributed by atoms with Crippen LogP contribution >= 0.6 is 0 Å². The highest BCUT2D eigenvalue weighted by Crippen LogP contribution is 2.37. The van der Waals surface area contributed by atoms with Gasteiger partial charge in [-0.2, -0.15) is 0 Å². The standard InChI is InChI=1S/C21H25FO2/c1-15-10-12-16(13-11-15)18(14-19(23)24-21(2,3)4)20(22)17-8-6-5-7-9-17/h5-13,18,20H,14H2,1-4H3/t18-,20+/m1/s1. The van der Waals surface area contributed by atoms with Crippen molar-refractivity contribution in [2.75, 3.05) is 0 Å². The van der Waals surface area contributed by atoms with Crippen LogP contribution in [0.2, 0.25) is 0 Å². The molecule has 0 aliphatic heterocycles. The summed E-state index contributed by atoms with van der Waals surface area (Å²) in [5.41, 5.74) is 1.91. The summed E-state index contributed by atoms with van der Waals surface area (Å²) in [6.45, 7) is 7.43. The number of ether oxygens (including phenoxy) is 1. The molecule has 0 heterocycles. The molecule has 2 aromatic rings. The number of esters is 1. The first-order valence-electron chi connectivity index (χ1n) is 8.24. The van der Waals surface area contributed by atoms with Gasteiger partial charge in [0.05, 0.1) is 6.42 Å². The Morgan fingerprint density at radius 1 is 1.00 bits per heavy atom. The van der Waals surface area contributed by atoms with Crippen molar-refractivity contribution in [1.29, 1.82) is 0 Å². The van der Waals surface area contributed by atoms with Crippen molar-refractivity contribution in [3.8, 4) is 0 Å². The van der Waals surface area contributed by atoms with Crippen molar-refractivity contribution in [3.63, 3.8) is 0 Å². The number of rotatable bonds is 5. The summed E-state index contributed by atoms with van der Waals surface area (Å²) >= 11 is 0. The number of carbonyl (C=O) groups is 1. The third-order valence-corrected chi connectivity index (χ3v) is 3.78. The lowest BCUT2D eigenvalue weighted by Crippen LogP contribution is -2.25. The molecule has 2 rings (SSSR count). The van der Waals surface area contributed by atoms with Crippen LogP contribution in [0.15, 0.2) is 54.6 Å². The monoisotopic (exact) mass is 328 g/mol. The first kappa shape index (κ1) is 18.2. The Kier molecular flexibility index (Phi) is 5.76. The van der Waals surface area contributed by atoms with Crippen molar-refractivity contribution < 1.29 is 13.9 Å². The van der Waals surface area contributed by atoms with Gasteiger partial charge in [0.15, 0.2) is 0 Å². The molecular weight excluding hydrogens is 303 g/mol. The van der Waals surface area contributed by atoms with Gasteiger partial charge in [-0.05, 0) is 38.8 Å². The molecule has 0 N–H and O–H groups in total. The van der Waals surface area contributed by atoms with E-state index < -0.39 is 17.7 Å². The first-order chi connectivity index (χ1) is 11.3. The number of benzene rings is 2. The van der Waals surface area contributed by atoms with Crippen LogP contribution in [0, 0.1) is 6.92 Å². The number of carbonyl (C=O) groups excluding carboxylic acids is 1. The maximum Gasteiger partial charge on any atom is 0.307 e. The minimum Gasteiger partial charge on any atom is -0.460 e. The van der Waals surface area contributed by atoms with Crippen LogP contribution in [0.1, 0.15) is 56.0 Å². The van der Waals surface area contributed by atoms with Gasteiger partial charge in [-0.25, -0.2) is 4.39 Å². The van der Waals surface area contributed by atoms with Gasteiger partial charge in [-0.1, -0.05) is 60.2 Å². The molecule has 0 spiro atoms. The van der Waals surface area contributed by atoms with E-state index in [1.54, 1.807) is 12.1 Å². The Bertz CT molecular complexity index is 656. The third-order valence-electron chi connectivity index (χ3n) is 3.78. The van der Waals surface area contributed by atoms with Crippen molar-refractivity contribution in [2.45, 2.75) is 51.8 Å². The SMILES string of the molecule is Cc1ccc([C@@H](CC(=O)OC(C)(C)C)[C@@H](F)c2ccccc2)cc1. The second kappa shape index (κ2) is 7.61. The van der Waals surface area contributed by atoms with Crippen molar-refractivity contribution in [1.82, 2.24) is 0 Å². The molecule has 24 heavy (non-hydrogen) atoms. The molecule has 2 nitrogen and oxygen atoms in total. The van der Waals surface area contributed by atoms with Crippen LogP contribution < -0.4 is 0 Å². The summed E-state index contributed by atoms with van der Waals surface area (Å²) in [4.78, 5) is 12.3. The lowest BCUT2D eigenvalue weighted by atomic mass is 9.87. The zero-order valence-corrected chi connectivity index (χ0v) is 14.8. The lowest BCUT2D eigenvalue weighted by molar-refractivity contribution is -0.155. The molecule has 0 saturated heterocycles. The van der Waals surface area contributed by atoms with Gasteiger partial charge in [0, 0.05) is 5.92 Å². The van der Waals surface area contributed by atoms with Gasteiger partial charge in [-0.15, -0.1) is 0 Å². The number of hydrogen-bond donors (Lipinski definition) is 0. The van der Waals surface area contributed by atoms with Gasteiger partial charge >= 0.3 is 5.97 Å². The molecule has 2 aromatic carbocycles. The Morgan fingerprint density at radius 3 is 2.12 bits per heavy atom. The van der Waals surface area contributed by atoms with E-state index in [1.165, 1.54) is 0 Å². The molecule has 3 heteroatoms. The van der Waals surface area contributed by atoms with Crippen molar-refractivity contribution in [3.05, 3.63) is 71.3 Å². The van der Waals surface area contributed by atoms with E-state index in [-0.39, 0.29) is 12.4 Å². The fourth-order valence-corrected chi connectivity index (χ4v) is 2.64. The quantitative estimate of drug-likeness (QED) is 0.675. The second-order valence-corrected chi connectivity index (χ2v) is 7.12. The van der Waals surface area contributed by atoms with Crippen LogP contribution in [-0.4, -0.2) is 11.6 Å². The number of halogens is 1. The van der Waals surface area contributed by atoms with Crippen molar-refractivity contribution >= 4 is 5.97 Å². The third kappa shape index (κ3) is 5.19. The highest BCUT2D eigenvalue weighted by molar-refractivity contribution is 5.71. The molecule has 0 unspecified atom stereocenters. The van der Waals surface area contributed by atoms with E-state index in [0.29, 0.717) is 5.56 Å². The van der Waals surface area contributed by atoms with Gasteiger partial charge in [-0.3, -0.25) is 4.79 Å². The molecule has 0 aromatic heterocycles. The Labute approximate surface area is 143 Å². The second-order valence-electron chi connectivity index (χ2n) is 7.12. The van der Waals surface area contributed by atoms with E-state index in [9.17, 15) is 4.79 Å². The summed E-state index contributed by atoms with van der Waals surface area (Å²) < 4.78 is 20.6. The molecule has 0 fully saturated rings. The Morgan fingerprint density at radius 2 is 1.58 bits per heavy atom. The molecule has 0 radical (unpaired) electrons. The molecule has 0 saturated carbocycles. The summed E-state index contributed by atoms with van der Waals surface area (Å²) in [6, 6.07) is 16.6. The van der Waals surface area contributed by atoms with E-state index in [1.807, 2.05) is 70.2 Å². The smallest absolute Gasteiger partial charge is 0.307 e. The lowest BCUT2D eigenvalue weighted by Gasteiger charge is -2.25.